The molecular formula is C13H17N3O. The van der Waals surface area contributed by atoms with Crippen LogP contribution < -0.4 is 5.32 Å². The summed E-state index contributed by atoms with van der Waals surface area (Å²) >= 11 is 0. The Hall–Kier alpha value is -1.60. The van der Waals surface area contributed by atoms with Gasteiger partial charge in [-0.25, -0.2) is 4.98 Å². The second kappa shape index (κ2) is 5.15. The Labute approximate surface area is 102 Å². The molecule has 1 aromatic rings. The molecule has 1 aliphatic rings. The quantitative estimate of drug-likeness (QED) is 0.843. The van der Waals surface area contributed by atoms with Crippen LogP contribution in [0.25, 0.3) is 0 Å². The third-order valence-electron chi connectivity index (χ3n) is 3.40. The van der Waals surface area contributed by atoms with Crippen LogP contribution in [-0.4, -0.2) is 25.2 Å². The molecule has 4 heteroatoms. The zero-order chi connectivity index (χ0) is 12.1. The lowest BCUT2D eigenvalue weighted by Crippen LogP contribution is -2.40. The zero-order valence-corrected chi connectivity index (χ0v) is 10.1. The normalized spacial score (nSPS) is 16.9. The molecule has 1 aliphatic carbocycles. The Morgan fingerprint density at radius 3 is 3.00 bits per heavy atom. The van der Waals surface area contributed by atoms with E-state index in [0.29, 0.717) is 5.56 Å². The van der Waals surface area contributed by atoms with E-state index in [2.05, 4.69) is 16.4 Å². The number of methoxy groups -OCH3 is 1. The molecular weight excluding hydrogens is 214 g/mol. The van der Waals surface area contributed by atoms with Crippen LogP contribution in [0.15, 0.2) is 18.3 Å². The van der Waals surface area contributed by atoms with E-state index in [0.717, 1.165) is 19.0 Å². The van der Waals surface area contributed by atoms with Crippen LogP contribution in [0.1, 0.15) is 24.8 Å². The minimum atomic E-state index is 0.263. The molecule has 1 N–H and O–H groups in total. The van der Waals surface area contributed by atoms with Gasteiger partial charge < -0.3 is 10.1 Å². The average Bonchev–Trinajstić information content (AvgIpc) is 2.33. The largest absolute Gasteiger partial charge is 0.384 e. The summed E-state index contributed by atoms with van der Waals surface area (Å²) < 4.78 is 5.27. The maximum Gasteiger partial charge on any atom is 0.127 e. The second-order valence-electron chi connectivity index (χ2n) is 4.68. The fourth-order valence-corrected chi connectivity index (χ4v) is 2.23. The molecule has 0 amide bonds. The summed E-state index contributed by atoms with van der Waals surface area (Å²) in [6, 6.07) is 5.60. The van der Waals surface area contributed by atoms with Crippen molar-refractivity contribution >= 4 is 5.82 Å². The fourth-order valence-electron chi connectivity index (χ4n) is 2.23. The van der Waals surface area contributed by atoms with Gasteiger partial charge in [0.1, 0.15) is 5.82 Å². The van der Waals surface area contributed by atoms with Crippen molar-refractivity contribution in [3.05, 3.63) is 23.9 Å². The highest BCUT2D eigenvalue weighted by Crippen LogP contribution is 2.41. The first-order valence-electron chi connectivity index (χ1n) is 5.87. The van der Waals surface area contributed by atoms with Crippen LogP contribution in [0.5, 0.6) is 0 Å². The third kappa shape index (κ3) is 2.75. The Morgan fingerprint density at radius 2 is 2.41 bits per heavy atom. The molecule has 0 bridgehead atoms. The van der Waals surface area contributed by atoms with Gasteiger partial charge in [0.15, 0.2) is 0 Å². The van der Waals surface area contributed by atoms with Crippen molar-refractivity contribution in [2.45, 2.75) is 19.3 Å². The van der Waals surface area contributed by atoms with Gasteiger partial charge in [-0.15, -0.1) is 0 Å². The van der Waals surface area contributed by atoms with Gasteiger partial charge in [0, 0.05) is 25.3 Å². The molecule has 0 radical (unpaired) electrons. The molecule has 1 heterocycles. The topological polar surface area (TPSA) is 57.9 Å². The molecule has 1 aromatic heterocycles. The molecule has 0 unspecified atom stereocenters. The van der Waals surface area contributed by atoms with E-state index in [1.807, 2.05) is 0 Å². The van der Waals surface area contributed by atoms with E-state index in [4.69, 9.17) is 10.00 Å². The predicted octanol–water partition coefficient (Wildman–Crippen LogP) is 2.18. The molecule has 0 aliphatic heterocycles. The van der Waals surface area contributed by atoms with Gasteiger partial charge in [0.25, 0.3) is 0 Å². The van der Waals surface area contributed by atoms with Crippen molar-refractivity contribution in [3.63, 3.8) is 0 Å². The van der Waals surface area contributed by atoms with Crippen LogP contribution in [0.2, 0.25) is 0 Å². The first-order chi connectivity index (χ1) is 8.28. The van der Waals surface area contributed by atoms with E-state index in [1.165, 1.54) is 19.3 Å². The third-order valence-corrected chi connectivity index (χ3v) is 3.40. The van der Waals surface area contributed by atoms with Gasteiger partial charge >= 0.3 is 0 Å². The number of anilines is 1. The first kappa shape index (κ1) is 11.9. The molecule has 0 atom stereocenters. The van der Waals surface area contributed by atoms with Crippen molar-refractivity contribution in [1.29, 1.82) is 5.26 Å². The van der Waals surface area contributed by atoms with Crippen LogP contribution in [0.3, 0.4) is 0 Å². The minimum absolute atomic E-state index is 0.263. The molecule has 17 heavy (non-hydrogen) atoms. The highest BCUT2D eigenvalue weighted by atomic mass is 16.5. The maximum absolute atomic E-state index is 8.81. The predicted molar refractivity (Wildman–Crippen MR) is 65.6 cm³/mol. The lowest BCUT2D eigenvalue weighted by Gasteiger charge is -2.41. The number of nitrogens with one attached hydrogen (secondary N) is 1. The van der Waals surface area contributed by atoms with Gasteiger partial charge in [-0.1, -0.05) is 6.42 Å². The van der Waals surface area contributed by atoms with E-state index in [-0.39, 0.29) is 5.41 Å². The van der Waals surface area contributed by atoms with Crippen molar-refractivity contribution in [2.75, 3.05) is 25.6 Å². The lowest BCUT2D eigenvalue weighted by molar-refractivity contribution is 0.0282. The summed E-state index contributed by atoms with van der Waals surface area (Å²) in [5, 5.41) is 12.1. The summed E-state index contributed by atoms with van der Waals surface area (Å²) in [5.74, 6) is 0.770. The van der Waals surface area contributed by atoms with Crippen LogP contribution in [-0.2, 0) is 4.74 Å². The molecule has 1 fully saturated rings. The number of nitriles is 1. The van der Waals surface area contributed by atoms with Gasteiger partial charge in [-0.3, -0.25) is 0 Å². The SMILES string of the molecule is COCC1(CNc2cc(C#N)ccn2)CCC1. The van der Waals surface area contributed by atoms with Crippen molar-refractivity contribution in [3.8, 4) is 6.07 Å². The minimum Gasteiger partial charge on any atom is -0.384 e. The molecule has 0 saturated heterocycles. The van der Waals surface area contributed by atoms with Crippen LogP contribution in [0, 0.1) is 16.7 Å². The molecule has 0 spiro atoms. The van der Waals surface area contributed by atoms with E-state index < -0.39 is 0 Å². The highest BCUT2D eigenvalue weighted by molar-refractivity contribution is 5.42. The standard InChI is InChI=1S/C13H17N3O/c1-17-10-13(4-2-5-13)9-16-12-7-11(8-14)3-6-15-12/h3,6-7H,2,4-5,9-10H2,1H3,(H,15,16). The summed E-state index contributed by atoms with van der Waals surface area (Å²) in [6.07, 6.45) is 5.33. The molecule has 1 saturated carbocycles. The molecule has 90 valence electrons. The summed E-state index contributed by atoms with van der Waals surface area (Å²) in [7, 11) is 1.74. The maximum atomic E-state index is 8.81. The van der Waals surface area contributed by atoms with Crippen LogP contribution in [0.4, 0.5) is 5.82 Å². The van der Waals surface area contributed by atoms with Gasteiger partial charge in [0.2, 0.25) is 0 Å². The number of hydrogen-bond acceptors (Lipinski definition) is 4. The molecule has 2 rings (SSSR count). The fraction of sp³-hybridized carbons (Fsp3) is 0.538. The van der Waals surface area contributed by atoms with Crippen LogP contribution >= 0.6 is 0 Å². The van der Waals surface area contributed by atoms with Crippen molar-refractivity contribution in [2.24, 2.45) is 5.41 Å². The van der Waals surface area contributed by atoms with Gasteiger partial charge in [0.05, 0.1) is 18.2 Å². The molecule has 4 nitrogen and oxygen atoms in total. The Bertz CT molecular complexity index is 421. The lowest BCUT2D eigenvalue weighted by atomic mass is 9.69. The summed E-state index contributed by atoms with van der Waals surface area (Å²) in [6.45, 7) is 1.65. The van der Waals surface area contributed by atoms with Crippen molar-refractivity contribution < 1.29 is 4.74 Å². The van der Waals surface area contributed by atoms with E-state index >= 15 is 0 Å². The smallest absolute Gasteiger partial charge is 0.127 e. The Balaban J connectivity index is 1.95. The number of rotatable bonds is 5. The Kier molecular flexibility index (Phi) is 3.60. The van der Waals surface area contributed by atoms with Gasteiger partial charge in [-0.2, -0.15) is 5.26 Å². The monoisotopic (exact) mass is 231 g/mol. The summed E-state index contributed by atoms with van der Waals surface area (Å²) in [5.41, 5.74) is 0.899. The number of ether oxygens (including phenoxy) is 1. The highest BCUT2D eigenvalue weighted by Gasteiger charge is 2.36. The molecule has 0 aromatic carbocycles. The zero-order valence-electron chi connectivity index (χ0n) is 10.1. The second-order valence-corrected chi connectivity index (χ2v) is 4.68. The summed E-state index contributed by atoms with van der Waals surface area (Å²) in [4.78, 5) is 4.21. The Morgan fingerprint density at radius 1 is 1.59 bits per heavy atom. The number of hydrogen-bond donors (Lipinski definition) is 1. The number of nitrogens with zero attached hydrogens (tertiary/aromatic N) is 2. The average molecular weight is 231 g/mol. The van der Waals surface area contributed by atoms with E-state index in [1.54, 1.807) is 25.4 Å². The number of pyridine rings is 1. The van der Waals surface area contributed by atoms with E-state index in [9.17, 15) is 0 Å². The number of aromatic nitrogens is 1. The van der Waals surface area contributed by atoms with Gasteiger partial charge in [-0.05, 0) is 25.0 Å². The first-order valence-corrected chi connectivity index (χ1v) is 5.87. The van der Waals surface area contributed by atoms with Crippen molar-refractivity contribution in [1.82, 2.24) is 4.98 Å².